The third-order valence-electron chi connectivity index (χ3n) is 4.18. The quantitative estimate of drug-likeness (QED) is 0.828. The normalized spacial score (nSPS) is 20.1. The molecule has 90 valence electrons. The number of hydrogen-bond donors (Lipinski definition) is 1. The lowest BCUT2D eigenvalue weighted by Gasteiger charge is -2.23. The lowest BCUT2D eigenvalue weighted by Crippen LogP contribution is -2.30. The molecule has 0 amide bonds. The molecule has 1 atom stereocenters. The Labute approximate surface area is 98.2 Å². The lowest BCUT2D eigenvalue weighted by atomic mass is 9.92. The maximum Gasteiger partial charge on any atom is 0.0547 e. The van der Waals surface area contributed by atoms with Gasteiger partial charge in [0.05, 0.1) is 5.69 Å². The Kier molecular flexibility index (Phi) is 3.06. The summed E-state index contributed by atoms with van der Waals surface area (Å²) >= 11 is 0. The van der Waals surface area contributed by atoms with Gasteiger partial charge in [0, 0.05) is 25.8 Å². The van der Waals surface area contributed by atoms with Gasteiger partial charge in [-0.25, -0.2) is 0 Å². The number of rotatable bonds is 5. The number of aromatic nitrogens is 2. The molecule has 3 heteroatoms. The topological polar surface area (TPSA) is 29.9 Å². The molecule has 0 aromatic carbocycles. The Hall–Kier alpha value is -0.830. The van der Waals surface area contributed by atoms with Gasteiger partial charge in [-0.05, 0) is 37.2 Å². The van der Waals surface area contributed by atoms with Crippen LogP contribution in [0.25, 0.3) is 0 Å². The molecule has 1 heterocycles. The van der Waals surface area contributed by atoms with Gasteiger partial charge in [-0.2, -0.15) is 5.10 Å². The fraction of sp³-hybridized carbons (Fsp3) is 0.769. The van der Waals surface area contributed by atoms with Crippen LogP contribution in [0.4, 0.5) is 0 Å². The molecule has 3 nitrogen and oxygen atoms in total. The van der Waals surface area contributed by atoms with Crippen LogP contribution < -0.4 is 5.32 Å². The monoisotopic (exact) mass is 221 g/mol. The smallest absolute Gasteiger partial charge is 0.0547 e. The van der Waals surface area contributed by atoms with Crippen LogP contribution in [0.2, 0.25) is 0 Å². The van der Waals surface area contributed by atoms with Crippen molar-refractivity contribution in [3.63, 3.8) is 0 Å². The van der Waals surface area contributed by atoms with E-state index >= 15 is 0 Å². The maximum absolute atomic E-state index is 4.21. The average molecular weight is 221 g/mol. The molecule has 0 saturated heterocycles. The number of hydrogen-bond acceptors (Lipinski definition) is 2. The van der Waals surface area contributed by atoms with Crippen LogP contribution >= 0.6 is 0 Å². The van der Waals surface area contributed by atoms with Crippen LogP contribution in [-0.4, -0.2) is 16.3 Å². The molecule has 16 heavy (non-hydrogen) atoms. The van der Waals surface area contributed by atoms with Crippen molar-refractivity contribution in [1.29, 1.82) is 0 Å². The summed E-state index contributed by atoms with van der Waals surface area (Å²) in [4.78, 5) is 0. The summed E-state index contributed by atoms with van der Waals surface area (Å²) in [7, 11) is 2.00. The summed E-state index contributed by atoms with van der Waals surface area (Å²) in [6.07, 6.45) is 4.63. The van der Waals surface area contributed by atoms with Gasteiger partial charge in [-0.15, -0.1) is 0 Å². The lowest BCUT2D eigenvalue weighted by molar-refractivity contribution is 0.322. The van der Waals surface area contributed by atoms with Gasteiger partial charge in [-0.3, -0.25) is 4.68 Å². The number of aryl methyl sites for hydroxylation is 1. The van der Waals surface area contributed by atoms with Gasteiger partial charge in [0.1, 0.15) is 0 Å². The Bertz CT molecular complexity index is 350. The second kappa shape index (κ2) is 4.21. The number of nitrogens with zero attached hydrogens (tertiary/aromatic N) is 2. The first-order valence-corrected chi connectivity index (χ1v) is 6.26. The first-order chi connectivity index (χ1) is 7.55. The van der Waals surface area contributed by atoms with Crippen molar-refractivity contribution in [3.05, 3.63) is 18.0 Å². The van der Waals surface area contributed by atoms with E-state index in [0.29, 0.717) is 11.5 Å². The molecular weight excluding hydrogens is 198 g/mol. The van der Waals surface area contributed by atoms with E-state index in [1.54, 1.807) is 0 Å². The van der Waals surface area contributed by atoms with Gasteiger partial charge in [0.15, 0.2) is 0 Å². The van der Waals surface area contributed by atoms with E-state index in [-0.39, 0.29) is 0 Å². The maximum atomic E-state index is 4.21. The minimum absolute atomic E-state index is 0.392. The molecule has 1 saturated carbocycles. The molecule has 1 N–H and O–H groups in total. The van der Waals surface area contributed by atoms with Crippen molar-refractivity contribution >= 4 is 0 Å². The van der Waals surface area contributed by atoms with Crippen molar-refractivity contribution in [3.8, 4) is 0 Å². The van der Waals surface area contributed by atoms with E-state index in [1.165, 1.54) is 18.5 Å². The first kappa shape index (κ1) is 11.6. The molecule has 0 radical (unpaired) electrons. The van der Waals surface area contributed by atoms with Gasteiger partial charge >= 0.3 is 0 Å². The Morgan fingerprint density at radius 3 is 2.56 bits per heavy atom. The van der Waals surface area contributed by atoms with E-state index in [1.807, 2.05) is 17.9 Å². The van der Waals surface area contributed by atoms with Crippen LogP contribution in [0.5, 0.6) is 0 Å². The molecule has 2 rings (SSSR count). The van der Waals surface area contributed by atoms with Crippen LogP contribution in [0, 0.1) is 11.3 Å². The van der Waals surface area contributed by atoms with Crippen LogP contribution in [0.3, 0.4) is 0 Å². The molecule has 1 fully saturated rings. The average Bonchev–Trinajstić information content (AvgIpc) is 2.92. The second-order valence-corrected chi connectivity index (χ2v) is 5.50. The standard InChI is InChI=1S/C13H23N3/c1-10(2)13(6-7-13)9-14-11(3)12-5-8-15-16(12)4/h5,8,10-11,14H,6-7,9H2,1-4H3. The molecule has 0 aliphatic heterocycles. The summed E-state index contributed by atoms with van der Waals surface area (Å²) in [5.74, 6) is 0.790. The number of nitrogens with one attached hydrogen (secondary N) is 1. The fourth-order valence-electron chi connectivity index (χ4n) is 2.39. The molecule has 1 aliphatic rings. The van der Waals surface area contributed by atoms with E-state index in [0.717, 1.165) is 12.5 Å². The predicted molar refractivity (Wildman–Crippen MR) is 66.1 cm³/mol. The van der Waals surface area contributed by atoms with Crippen molar-refractivity contribution in [1.82, 2.24) is 15.1 Å². The predicted octanol–water partition coefficient (Wildman–Crippen LogP) is 2.51. The summed E-state index contributed by atoms with van der Waals surface area (Å²) < 4.78 is 1.95. The molecule has 0 bridgehead atoms. The summed E-state index contributed by atoms with van der Waals surface area (Å²) in [5.41, 5.74) is 1.84. The minimum atomic E-state index is 0.392. The molecule has 0 spiro atoms. The highest BCUT2D eigenvalue weighted by Gasteiger charge is 2.44. The van der Waals surface area contributed by atoms with Gasteiger partial charge in [0.25, 0.3) is 0 Å². The van der Waals surface area contributed by atoms with Crippen LogP contribution in [-0.2, 0) is 7.05 Å². The zero-order chi connectivity index (χ0) is 11.8. The third kappa shape index (κ3) is 2.14. The summed E-state index contributed by atoms with van der Waals surface area (Å²) in [5, 5.41) is 7.86. The van der Waals surface area contributed by atoms with E-state index in [2.05, 4.69) is 37.3 Å². The Morgan fingerprint density at radius 1 is 1.44 bits per heavy atom. The van der Waals surface area contributed by atoms with E-state index in [4.69, 9.17) is 0 Å². The van der Waals surface area contributed by atoms with Crippen molar-refractivity contribution in [2.75, 3.05) is 6.54 Å². The Balaban J connectivity index is 1.89. The van der Waals surface area contributed by atoms with Crippen molar-refractivity contribution in [2.45, 2.75) is 39.7 Å². The molecule has 1 aliphatic carbocycles. The second-order valence-electron chi connectivity index (χ2n) is 5.50. The molecule has 1 aromatic heterocycles. The zero-order valence-corrected chi connectivity index (χ0v) is 10.8. The van der Waals surface area contributed by atoms with Crippen LogP contribution in [0.1, 0.15) is 45.3 Å². The molecular formula is C13H23N3. The highest BCUT2D eigenvalue weighted by molar-refractivity contribution is 5.06. The largest absolute Gasteiger partial charge is 0.308 e. The van der Waals surface area contributed by atoms with Crippen LogP contribution in [0.15, 0.2) is 12.3 Å². The SMILES string of the molecule is CC(NCC1(C(C)C)CC1)c1ccnn1C. The molecule has 1 aromatic rings. The minimum Gasteiger partial charge on any atom is -0.308 e. The zero-order valence-electron chi connectivity index (χ0n) is 10.8. The molecule has 1 unspecified atom stereocenters. The van der Waals surface area contributed by atoms with E-state index < -0.39 is 0 Å². The summed E-state index contributed by atoms with van der Waals surface area (Å²) in [6.45, 7) is 8.03. The van der Waals surface area contributed by atoms with Crippen molar-refractivity contribution in [2.24, 2.45) is 18.4 Å². The van der Waals surface area contributed by atoms with E-state index in [9.17, 15) is 0 Å². The van der Waals surface area contributed by atoms with Crippen molar-refractivity contribution < 1.29 is 0 Å². The van der Waals surface area contributed by atoms with Gasteiger partial charge in [0.2, 0.25) is 0 Å². The first-order valence-electron chi connectivity index (χ1n) is 6.26. The third-order valence-corrected chi connectivity index (χ3v) is 4.18. The van der Waals surface area contributed by atoms with Gasteiger partial charge in [-0.1, -0.05) is 13.8 Å². The van der Waals surface area contributed by atoms with Gasteiger partial charge < -0.3 is 5.32 Å². The Morgan fingerprint density at radius 2 is 2.12 bits per heavy atom. The summed E-state index contributed by atoms with van der Waals surface area (Å²) in [6, 6.07) is 2.48. The fourth-order valence-corrected chi connectivity index (χ4v) is 2.39. The highest BCUT2D eigenvalue weighted by Crippen LogP contribution is 2.51. The highest BCUT2D eigenvalue weighted by atomic mass is 15.3.